The first-order chi connectivity index (χ1) is 8.77. The summed E-state index contributed by atoms with van der Waals surface area (Å²) in [6.45, 7) is 1.07. The normalized spacial score (nSPS) is 30.1. The third-order valence-electron chi connectivity index (χ3n) is 4.21. The first-order valence-electron chi connectivity index (χ1n) is 7.03. The van der Waals surface area contributed by atoms with Crippen LogP contribution in [0.5, 0.6) is 0 Å². The Kier molecular flexibility index (Phi) is 3.35. The lowest BCUT2D eigenvalue weighted by Gasteiger charge is -2.34. The van der Waals surface area contributed by atoms with Crippen LogP contribution in [0.4, 0.5) is 4.39 Å². The van der Waals surface area contributed by atoms with Crippen LogP contribution in [0.15, 0.2) is 24.3 Å². The van der Waals surface area contributed by atoms with E-state index >= 15 is 0 Å². The molecule has 3 heteroatoms. The van der Waals surface area contributed by atoms with E-state index in [1.165, 1.54) is 19.3 Å². The second kappa shape index (κ2) is 4.98. The fraction of sp³-hybridized carbons (Fsp3) is 0.600. The first kappa shape index (κ1) is 12.1. The number of benzene rings is 1. The number of hydrogen-bond donors (Lipinski definition) is 1. The molecule has 0 radical (unpaired) electrons. The van der Waals surface area contributed by atoms with Gasteiger partial charge in [0.25, 0.3) is 0 Å². The molecule has 0 aromatic heterocycles. The van der Waals surface area contributed by atoms with Crippen molar-refractivity contribution in [2.24, 2.45) is 5.73 Å². The molecule has 2 aliphatic rings. The van der Waals surface area contributed by atoms with E-state index in [0.29, 0.717) is 6.04 Å². The van der Waals surface area contributed by atoms with Crippen molar-refractivity contribution in [3.8, 4) is 0 Å². The molecule has 1 aliphatic carbocycles. The van der Waals surface area contributed by atoms with Gasteiger partial charge in [-0.25, -0.2) is 4.39 Å². The molecule has 0 spiro atoms. The minimum atomic E-state index is -0.106. The lowest BCUT2D eigenvalue weighted by atomic mass is 9.95. The highest BCUT2D eigenvalue weighted by atomic mass is 19.1. The topological polar surface area (TPSA) is 29.3 Å². The highest BCUT2D eigenvalue weighted by Crippen LogP contribution is 2.39. The van der Waals surface area contributed by atoms with E-state index in [1.54, 1.807) is 12.1 Å². The molecule has 2 fully saturated rings. The molecule has 0 bridgehead atoms. The Balaban J connectivity index is 1.95. The molecule has 0 amide bonds. The molecular weight excluding hydrogens is 227 g/mol. The van der Waals surface area contributed by atoms with Gasteiger partial charge in [0.15, 0.2) is 0 Å². The van der Waals surface area contributed by atoms with Gasteiger partial charge in [-0.2, -0.15) is 0 Å². The molecule has 98 valence electrons. The first-order valence-corrected chi connectivity index (χ1v) is 7.03. The zero-order chi connectivity index (χ0) is 12.5. The predicted molar refractivity (Wildman–Crippen MR) is 70.7 cm³/mol. The van der Waals surface area contributed by atoms with Gasteiger partial charge < -0.3 is 5.73 Å². The Labute approximate surface area is 108 Å². The fourth-order valence-corrected chi connectivity index (χ4v) is 3.16. The van der Waals surface area contributed by atoms with E-state index in [1.807, 2.05) is 12.1 Å². The Bertz CT molecular complexity index is 417. The molecule has 1 aromatic carbocycles. The van der Waals surface area contributed by atoms with Gasteiger partial charge in [-0.05, 0) is 38.3 Å². The second-order valence-electron chi connectivity index (χ2n) is 5.59. The fourth-order valence-electron chi connectivity index (χ4n) is 3.16. The van der Waals surface area contributed by atoms with Crippen LogP contribution < -0.4 is 5.73 Å². The number of hydrogen-bond acceptors (Lipinski definition) is 2. The van der Waals surface area contributed by atoms with Gasteiger partial charge in [-0.1, -0.05) is 24.6 Å². The molecule has 1 heterocycles. The molecule has 2 N–H and O–H groups in total. The molecule has 1 aromatic rings. The van der Waals surface area contributed by atoms with Crippen molar-refractivity contribution in [2.45, 2.75) is 50.2 Å². The molecule has 1 aliphatic heterocycles. The van der Waals surface area contributed by atoms with E-state index in [2.05, 4.69) is 4.90 Å². The molecule has 18 heavy (non-hydrogen) atoms. The third kappa shape index (κ3) is 2.29. The summed E-state index contributed by atoms with van der Waals surface area (Å²) in [5.41, 5.74) is 7.12. The van der Waals surface area contributed by atoms with Crippen molar-refractivity contribution >= 4 is 0 Å². The van der Waals surface area contributed by atoms with Crippen molar-refractivity contribution in [2.75, 3.05) is 6.54 Å². The minimum absolute atomic E-state index is 0.0602. The largest absolute Gasteiger partial charge is 0.326 e. The average molecular weight is 248 g/mol. The highest BCUT2D eigenvalue weighted by molar-refractivity contribution is 5.24. The summed E-state index contributed by atoms with van der Waals surface area (Å²) in [4.78, 5) is 2.45. The highest BCUT2D eigenvalue weighted by Gasteiger charge is 2.38. The van der Waals surface area contributed by atoms with E-state index in [0.717, 1.165) is 24.9 Å². The molecule has 3 rings (SSSR count). The van der Waals surface area contributed by atoms with Crippen molar-refractivity contribution in [1.29, 1.82) is 0 Å². The zero-order valence-corrected chi connectivity index (χ0v) is 10.7. The SMILES string of the molecule is NC1CCCCN(C2CC2)C1c1ccccc1F. The Morgan fingerprint density at radius 3 is 2.61 bits per heavy atom. The number of likely N-dealkylation sites (tertiary alicyclic amines) is 1. The van der Waals surface area contributed by atoms with Crippen molar-refractivity contribution in [3.05, 3.63) is 35.6 Å². The minimum Gasteiger partial charge on any atom is -0.326 e. The van der Waals surface area contributed by atoms with Gasteiger partial charge in [-0.3, -0.25) is 4.90 Å². The standard InChI is InChI=1S/C15H21FN2/c16-13-6-2-1-5-12(13)15-14(17)7-3-4-10-18(15)11-8-9-11/h1-2,5-6,11,14-15H,3-4,7-10,17H2. The van der Waals surface area contributed by atoms with Crippen LogP contribution >= 0.6 is 0 Å². The van der Waals surface area contributed by atoms with Gasteiger partial charge in [0.1, 0.15) is 5.82 Å². The van der Waals surface area contributed by atoms with Crippen molar-refractivity contribution < 1.29 is 4.39 Å². The van der Waals surface area contributed by atoms with Gasteiger partial charge in [0.05, 0.1) is 6.04 Å². The molecule has 1 saturated carbocycles. The van der Waals surface area contributed by atoms with E-state index in [4.69, 9.17) is 5.73 Å². The van der Waals surface area contributed by atoms with Crippen LogP contribution in [0.25, 0.3) is 0 Å². The van der Waals surface area contributed by atoms with Crippen LogP contribution in [0.1, 0.15) is 43.7 Å². The van der Waals surface area contributed by atoms with Crippen LogP contribution in [0.2, 0.25) is 0 Å². The van der Waals surface area contributed by atoms with Gasteiger partial charge in [0, 0.05) is 17.6 Å². The number of nitrogens with zero attached hydrogens (tertiary/aromatic N) is 1. The quantitative estimate of drug-likeness (QED) is 0.872. The molecule has 1 saturated heterocycles. The maximum Gasteiger partial charge on any atom is 0.128 e. The van der Waals surface area contributed by atoms with Gasteiger partial charge in [0.2, 0.25) is 0 Å². The summed E-state index contributed by atoms with van der Waals surface area (Å²) >= 11 is 0. The Hall–Kier alpha value is -0.930. The maximum atomic E-state index is 14.1. The molecule has 2 nitrogen and oxygen atoms in total. The van der Waals surface area contributed by atoms with E-state index in [-0.39, 0.29) is 17.9 Å². The maximum absolute atomic E-state index is 14.1. The zero-order valence-electron chi connectivity index (χ0n) is 10.7. The van der Waals surface area contributed by atoms with Gasteiger partial charge in [-0.15, -0.1) is 0 Å². The summed E-state index contributed by atoms with van der Waals surface area (Å²) in [5.74, 6) is -0.106. The number of nitrogens with two attached hydrogens (primary N) is 1. The summed E-state index contributed by atoms with van der Waals surface area (Å²) in [6.07, 6.45) is 5.85. The van der Waals surface area contributed by atoms with E-state index in [9.17, 15) is 4.39 Å². The molecule has 2 atom stereocenters. The summed E-state index contributed by atoms with van der Waals surface area (Å²) in [5, 5.41) is 0. The summed E-state index contributed by atoms with van der Waals surface area (Å²) < 4.78 is 14.1. The van der Waals surface area contributed by atoms with Crippen molar-refractivity contribution in [1.82, 2.24) is 4.90 Å². The molecule has 2 unspecified atom stereocenters. The van der Waals surface area contributed by atoms with Gasteiger partial charge >= 0.3 is 0 Å². The number of halogens is 1. The predicted octanol–water partition coefficient (Wildman–Crippen LogP) is 2.84. The van der Waals surface area contributed by atoms with Crippen LogP contribution in [0, 0.1) is 5.82 Å². The Morgan fingerprint density at radius 2 is 1.89 bits per heavy atom. The number of rotatable bonds is 2. The van der Waals surface area contributed by atoms with E-state index < -0.39 is 0 Å². The lowest BCUT2D eigenvalue weighted by Crippen LogP contribution is -2.41. The summed E-state index contributed by atoms with van der Waals surface area (Å²) in [7, 11) is 0. The van der Waals surface area contributed by atoms with Crippen molar-refractivity contribution in [3.63, 3.8) is 0 Å². The molecular formula is C15H21FN2. The Morgan fingerprint density at radius 1 is 1.11 bits per heavy atom. The third-order valence-corrected chi connectivity index (χ3v) is 4.21. The lowest BCUT2D eigenvalue weighted by molar-refractivity contribution is 0.172. The average Bonchev–Trinajstić information content (AvgIpc) is 3.17. The monoisotopic (exact) mass is 248 g/mol. The van der Waals surface area contributed by atoms with Crippen LogP contribution in [-0.2, 0) is 0 Å². The summed E-state index contributed by atoms with van der Waals surface area (Å²) in [6, 6.07) is 7.90. The second-order valence-corrected chi connectivity index (χ2v) is 5.59. The smallest absolute Gasteiger partial charge is 0.128 e. The van der Waals surface area contributed by atoms with Crippen LogP contribution in [0.3, 0.4) is 0 Å². The van der Waals surface area contributed by atoms with Crippen LogP contribution in [-0.4, -0.2) is 23.5 Å².